The number of methoxy groups -OCH3 is 1. The predicted molar refractivity (Wildman–Crippen MR) is 76.6 cm³/mol. The Morgan fingerprint density at radius 3 is 2.75 bits per heavy atom. The first-order valence-corrected chi connectivity index (χ1v) is 6.71. The molecule has 0 spiro atoms. The topological polar surface area (TPSA) is 55.4 Å². The van der Waals surface area contributed by atoms with Crippen molar-refractivity contribution in [1.82, 2.24) is 5.32 Å². The lowest BCUT2D eigenvalue weighted by Gasteiger charge is -2.32. The molecule has 1 aromatic rings. The fraction of sp³-hybridized carbons (Fsp3) is 0.286. The van der Waals surface area contributed by atoms with Crippen molar-refractivity contribution in [2.75, 3.05) is 7.11 Å². The van der Waals surface area contributed by atoms with Crippen molar-refractivity contribution in [3.8, 4) is 0 Å². The minimum Gasteiger partial charge on any atom is -0.468 e. The van der Waals surface area contributed by atoms with E-state index in [4.69, 9.17) is 27.9 Å². The van der Waals surface area contributed by atoms with Crippen LogP contribution in [0.3, 0.4) is 0 Å². The highest BCUT2D eigenvalue weighted by Crippen LogP contribution is 2.39. The molecule has 0 bridgehead atoms. The Labute approximate surface area is 126 Å². The summed E-state index contributed by atoms with van der Waals surface area (Å²) >= 11 is 12.0. The van der Waals surface area contributed by atoms with Crippen LogP contribution in [0.5, 0.6) is 0 Å². The van der Waals surface area contributed by atoms with E-state index in [1.54, 1.807) is 18.2 Å². The van der Waals surface area contributed by atoms with Gasteiger partial charge in [0, 0.05) is 28.1 Å². The summed E-state index contributed by atoms with van der Waals surface area (Å²) in [5, 5.41) is 3.48. The first kappa shape index (κ1) is 14.9. The van der Waals surface area contributed by atoms with Crippen LogP contribution < -0.4 is 5.32 Å². The second-order valence-electron chi connectivity index (χ2n) is 4.55. The standard InChI is InChI=1S/C14H13Cl2NO3/c1-7-13(14(19)20-2)10(6-12(18)17-7)9-4-3-8(15)5-11(9)16/h3-5,10,13H,1,6H2,2H3,(H,17,18). The molecule has 1 amide bonds. The van der Waals surface area contributed by atoms with Crippen molar-refractivity contribution in [1.29, 1.82) is 0 Å². The second kappa shape index (κ2) is 5.85. The molecule has 4 nitrogen and oxygen atoms in total. The third-order valence-corrected chi connectivity index (χ3v) is 3.86. The Hall–Kier alpha value is -1.52. The maximum atomic E-state index is 11.9. The lowest BCUT2D eigenvalue weighted by atomic mass is 9.79. The molecule has 0 aliphatic carbocycles. The number of rotatable bonds is 2. The van der Waals surface area contributed by atoms with Gasteiger partial charge in [0.05, 0.1) is 7.11 Å². The fourth-order valence-corrected chi connectivity index (χ4v) is 2.94. The highest BCUT2D eigenvalue weighted by Gasteiger charge is 2.39. The van der Waals surface area contributed by atoms with Crippen molar-refractivity contribution >= 4 is 35.1 Å². The number of nitrogens with one attached hydrogen (secondary N) is 1. The normalized spacial score (nSPS) is 22.4. The predicted octanol–water partition coefficient (Wildman–Crippen LogP) is 2.90. The second-order valence-corrected chi connectivity index (χ2v) is 5.39. The van der Waals surface area contributed by atoms with Gasteiger partial charge in [0.15, 0.2) is 0 Å². The molecule has 2 rings (SSSR count). The molecular weight excluding hydrogens is 301 g/mol. The average molecular weight is 314 g/mol. The number of hydrogen-bond donors (Lipinski definition) is 1. The SMILES string of the molecule is C=C1NC(=O)CC(c2ccc(Cl)cc2Cl)C1C(=O)OC. The van der Waals surface area contributed by atoms with E-state index in [1.165, 1.54) is 7.11 Å². The summed E-state index contributed by atoms with van der Waals surface area (Å²) in [4.78, 5) is 23.6. The van der Waals surface area contributed by atoms with Gasteiger partial charge in [0.25, 0.3) is 0 Å². The van der Waals surface area contributed by atoms with E-state index >= 15 is 0 Å². The molecule has 1 heterocycles. The van der Waals surface area contributed by atoms with E-state index in [0.29, 0.717) is 21.3 Å². The van der Waals surface area contributed by atoms with Gasteiger partial charge in [0.1, 0.15) is 5.92 Å². The smallest absolute Gasteiger partial charge is 0.315 e. The molecule has 2 atom stereocenters. The van der Waals surface area contributed by atoms with Crippen LogP contribution in [0.2, 0.25) is 10.0 Å². The van der Waals surface area contributed by atoms with Gasteiger partial charge in [-0.1, -0.05) is 35.8 Å². The monoisotopic (exact) mass is 313 g/mol. The molecule has 2 unspecified atom stereocenters. The Bertz CT molecular complexity index is 586. The zero-order valence-electron chi connectivity index (χ0n) is 10.8. The first-order valence-electron chi connectivity index (χ1n) is 5.95. The Morgan fingerprint density at radius 1 is 1.45 bits per heavy atom. The maximum absolute atomic E-state index is 11.9. The molecule has 6 heteroatoms. The summed E-state index contributed by atoms with van der Waals surface area (Å²) in [5.74, 6) is -1.72. The number of halogens is 2. The zero-order chi connectivity index (χ0) is 14.9. The molecule has 0 saturated carbocycles. The number of ether oxygens (including phenoxy) is 1. The molecule has 1 aliphatic rings. The van der Waals surface area contributed by atoms with E-state index in [1.807, 2.05) is 0 Å². The van der Waals surface area contributed by atoms with Gasteiger partial charge < -0.3 is 10.1 Å². The number of esters is 1. The van der Waals surface area contributed by atoms with Gasteiger partial charge in [-0.2, -0.15) is 0 Å². The summed E-state index contributed by atoms with van der Waals surface area (Å²) in [6.45, 7) is 3.74. The fourth-order valence-electron chi connectivity index (χ4n) is 2.39. The minimum absolute atomic E-state index is 0.139. The summed E-state index contributed by atoms with van der Waals surface area (Å²) in [6, 6.07) is 4.98. The van der Waals surface area contributed by atoms with Crippen molar-refractivity contribution in [3.63, 3.8) is 0 Å². The molecule has 1 N–H and O–H groups in total. The van der Waals surface area contributed by atoms with Crippen molar-refractivity contribution in [2.45, 2.75) is 12.3 Å². The number of amides is 1. The zero-order valence-corrected chi connectivity index (χ0v) is 12.3. The quantitative estimate of drug-likeness (QED) is 0.854. The number of hydrogen-bond acceptors (Lipinski definition) is 3. The highest BCUT2D eigenvalue weighted by atomic mass is 35.5. The highest BCUT2D eigenvalue weighted by molar-refractivity contribution is 6.35. The minimum atomic E-state index is -0.656. The van der Waals surface area contributed by atoms with E-state index in [9.17, 15) is 9.59 Å². The van der Waals surface area contributed by atoms with Crippen molar-refractivity contribution < 1.29 is 14.3 Å². The molecular formula is C14H13Cl2NO3. The van der Waals surface area contributed by atoms with Crippen LogP contribution in [0.1, 0.15) is 17.9 Å². The van der Waals surface area contributed by atoms with Crippen molar-refractivity contribution in [2.24, 2.45) is 5.92 Å². The Balaban J connectivity index is 2.45. The largest absolute Gasteiger partial charge is 0.468 e. The number of piperidine rings is 1. The van der Waals surface area contributed by atoms with E-state index in [0.717, 1.165) is 0 Å². The first-order chi connectivity index (χ1) is 9.43. The third-order valence-electron chi connectivity index (χ3n) is 3.30. The average Bonchev–Trinajstić information content (AvgIpc) is 2.37. The summed E-state index contributed by atoms with van der Waals surface area (Å²) in [7, 11) is 1.30. The summed E-state index contributed by atoms with van der Waals surface area (Å²) < 4.78 is 4.79. The van der Waals surface area contributed by atoms with Gasteiger partial charge in [-0.15, -0.1) is 0 Å². The number of carbonyl (C=O) groups is 2. The number of carbonyl (C=O) groups excluding carboxylic acids is 2. The van der Waals surface area contributed by atoms with Crippen LogP contribution in [-0.4, -0.2) is 19.0 Å². The van der Waals surface area contributed by atoms with Crippen LogP contribution in [0, 0.1) is 5.92 Å². The molecule has 1 aliphatic heterocycles. The van der Waals surface area contributed by atoms with E-state index in [2.05, 4.69) is 11.9 Å². The molecule has 0 aromatic heterocycles. The van der Waals surface area contributed by atoms with Crippen molar-refractivity contribution in [3.05, 3.63) is 46.1 Å². The molecule has 20 heavy (non-hydrogen) atoms. The van der Waals surface area contributed by atoms with Gasteiger partial charge >= 0.3 is 5.97 Å². The number of benzene rings is 1. The molecule has 1 aromatic carbocycles. The maximum Gasteiger partial charge on any atom is 0.315 e. The Kier molecular flexibility index (Phi) is 4.35. The van der Waals surface area contributed by atoms with E-state index in [-0.39, 0.29) is 12.3 Å². The summed E-state index contributed by atoms with van der Waals surface area (Å²) in [5.41, 5.74) is 1.01. The Morgan fingerprint density at radius 2 is 2.15 bits per heavy atom. The van der Waals surface area contributed by atoms with Crippen LogP contribution in [-0.2, 0) is 14.3 Å². The van der Waals surface area contributed by atoms with Crippen LogP contribution >= 0.6 is 23.2 Å². The van der Waals surface area contributed by atoms with Crippen LogP contribution in [0.4, 0.5) is 0 Å². The lowest BCUT2D eigenvalue weighted by Crippen LogP contribution is -2.41. The molecule has 106 valence electrons. The summed E-state index contributed by atoms with van der Waals surface area (Å²) in [6.07, 6.45) is 0.139. The van der Waals surface area contributed by atoms with Gasteiger partial charge in [-0.25, -0.2) is 0 Å². The third kappa shape index (κ3) is 2.81. The van der Waals surface area contributed by atoms with Crippen LogP contribution in [0.15, 0.2) is 30.5 Å². The molecule has 1 saturated heterocycles. The lowest BCUT2D eigenvalue weighted by molar-refractivity contribution is -0.146. The van der Waals surface area contributed by atoms with Gasteiger partial charge in [-0.3, -0.25) is 9.59 Å². The molecule has 0 radical (unpaired) electrons. The van der Waals surface area contributed by atoms with E-state index < -0.39 is 17.8 Å². The van der Waals surface area contributed by atoms with Gasteiger partial charge in [0.2, 0.25) is 5.91 Å². The van der Waals surface area contributed by atoms with Gasteiger partial charge in [-0.05, 0) is 17.7 Å². The van der Waals surface area contributed by atoms with Crippen LogP contribution in [0.25, 0.3) is 0 Å². The molecule has 1 fully saturated rings.